The quantitative estimate of drug-likeness (QED) is 0.0885. The van der Waals surface area contributed by atoms with Crippen molar-refractivity contribution in [3.05, 3.63) is 13.2 Å². The van der Waals surface area contributed by atoms with E-state index in [0.717, 1.165) is 124 Å². The van der Waals surface area contributed by atoms with Gasteiger partial charge in [0.25, 0.3) is 0 Å². The zero-order chi connectivity index (χ0) is 41.1. The number of thiol groups is 1. The Balaban J connectivity index is -0.000000296. The minimum Gasteiger partial charge on any atom is -0.851 e. The SMILES string of the molecule is C.C[C@@H](O)CN1CCCN(C[C@@H](C)O)CCN(C[C@@H](C)O)CCCN(C[C@@H](C)O)CC1.[3H]S[CH2-].[CH2-][C@@H](C)CN1CCN(C[C@H](C)[O-])CCN(C[C@H](C)[O-])CC1.[Fe+3].[Fe+3].[Fe]. The molecule has 0 saturated carbocycles. The maximum Gasteiger partial charge on any atom is 3.00 e. The third-order valence-corrected chi connectivity index (χ3v) is 9.25. The second-order valence-electron chi connectivity index (χ2n) is 15.9. The molecule has 0 amide bonds. The molecule has 2 aliphatic rings. The van der Waals surface area contributed by atoms with Crippen LogP contribution in [-0.2, 0) is 51.2 Å². The largest absolute Gasteiger partial charge is 3.00 e. The van der Waals surface area contributed by atoms with Gasteiger partial charge in [0, 0.05) is 109 Å². The molecule has 346 valence electrons. The minimum atomic E-state index is -0.558. The molecule has 0 aromatic carbocycles. The Morgan fingerprint density at radius 3 is 0.807 bits per heavy atom. The van der Waals surface area contributed by atoms with Crippen LogP contribution in [0.4, 0.5) is 0 Å². The molecule has 17 heteroatoms. The number of β-amino-alcohol motifs (C(OH)–C–C–N with tert-alkyl or cyclic N) is 4. The summed E-state index contributed by atoms with van der Waals surface area (Å²) in [6.07, 6.45) is 2.45. The van der Waals surface area contributed by atoms with Crippen molar-refractivity contribution in [1.29, 1.82) is 1.12 Å². The third kappa shape index (κ3) is 39.9. The summed E-state index contributed by atoms with van der Waals surface area (Å²) in [5.41, 5.74) is 0. The number of nitrogens with zero attached hydrogens (tertiary/aromatic N) is 7. The monoisotopic (exact) mass is 963 g/mol. The molecule has 0 bridgehead atoms. The predicted octanol–water partition coefficient (Wildman–Crippen LogP) is -0.278. The fourth-order valence-electron chi connectivity index (χ4n) is 7.17. The van der Waals surface area contributed by atoms with Crippen LogP contribution in [-0.4, -0.2) is 230 Å². The van der Waals surface area contributed by atoms with Crippen LogP contribution in [0, 0.1) is 19.1 Å². The Morgan fingerprint density at radius 2 is 0.649 bits per heavy atom. The topological polar surface area (TPSA) is 150 Å². The average Bonchev–Trinajstić information content (AvgIpc) is 3.11. The van der Waals surface area contributed by atoms with Gasteiger partial charge in [-0.2, -0.15) is 5.92 Å². The first kappa shape index (κ1) is 65.0. The van der Waals surface area contributed by atoms with Gasteiger partial charge in [0.05, 0.1) is 25.5 Å². The van der Waals surface area contributed by atoms with Crippen molar-refractivity contribution >= 4 is 12.5 Å². The number of rotatable bonds is 14. The summed E-state index contributed by atoms with van der Waals surface area (Å²) in [7, 11) is 0. The van der Waals surface area contributed by atoms with E-state index in [2.05, 4.69) is 54.4 Å². The van der Waals surface area contributed by atoms with E-state index < -0.39 is 12.2 Å². The van der Waals surface area contributed by atoms with Crippen LogP contribution in [0.2, 0.25) is 0 Å². The van der Waals surface area contributed by atoms with E-state index in [4.69, 9.17) is 1.12 Å². The van der Waals surface area contributed by atoms with Crippen molar-refractivity contribution in [2.24, 2.45) is 5.92 Å². The Bertz CT molecular complexity index is 742. The minimum absolute atomic E-state index is 0. The molecule has 57 heavy (non-hydrogen) atoms. The van der Waals surface area contributed by atoms with Crippen molar-refractivity contribution in [2.75, 3.05) is 137 Å². The van der Waals surface area contributed by atoms with Crippen LogP contribution in [0.15, 0.2) is 0 Å². The van der Waals surface area contributed by atoms with Crippen molar-refractivity contribution in [1.82, 2.24) is 34.3 Å². The van der Waals surface area contributed by atoms with E-state index >= 15 is 0 Å². The summed E-state index contributed by atoms with van der Waals surface area (Å²) in [6, 6.07) is 0. The molecule has 2 saturated heterocycles. The predicted molar refractivity (Wildman–Crippen MR) is 226 cm³/mol. The van der Waals surface area contributed by atoms with Crippen LogP contribution in [0.5, 0.6) is 0 Å². The fraction of sp³-hybridized carbons (Fsp3) is 0.950. The number of aliphatic hydroxyl groups excluding tert-OH is 4. The zero-order valence-electron chi connectivity index (χ0n) is 36.9. The van der Waals surface area contributed by atoms with E-state index in [1.807, 2.05) is 27.7 Å². The number of hydrogen-bond acceptors (Lipinski definition) is 14. The van der Waals surface area contributed by atoms with Gasteiger partial charge in [0.2, 0.25) is 0 Å². The molecule has 2 rings (SSSR count). The molecular formula is C40H87Fe3N7O6S+2. The van der Waals surface area contributed by atoms with E-state index in [1.54, 1.807) is 13.8 Å². The molecule has 4 N–H and O–H groups in total. The standard InChI is InChI=1S/C22H48N4O4.C16H32N3O2.CH3S.CH4.3Fe/c1-19(27)15-23-7-5-8-25(17-21(3)29)13-14-26(18-22(4)30)10-6-9-24(12-11-23)16-20(2)28;1-14(2)11-17-5-7-18(12-15(3)20)9-10-19(8-6-17)13-16(4)21;1-2;;;;/h19-22,27-30H,5-18H2,1-4H3;14-16H,1,5-13H2,2-4H3;2H,1H2;1H4;;;/q;-3;-1;;;2*+3/t19-,20-,21-,22-;14-,15-,16-;;;;;/m10...../s1/i;;2T;;;;. The first-order valence-corrected chi connectivity index (χ1v) is 20.8. The molecule has 0 spiro atoms. The summed E-state index contributed by atoms with van der Waals surface area (Å²) >= 11 is 0.750. The molecule has 0 aromatic rings. The molecule has 0 unspecified atom stereocenters. The summed E-state index contributed by atoms with van der Waals surface area (Å²) in [5.74, 6) is 0.393. The molecule has 13 nitrogen and oxygen atoms in total. The third-order valence-electron chi connectivity index (χ3n) is 9.25. The van der Waals surface area contributed by atoms with E-state index in [1.165, 1.54) is 0 Å². The van der Waals surface area contributed by atoms with Gasteiger partial charge in [-0.05, 0) is 86.3 Å². The Hall–Kier alpha value is 1.39. The molecule has 7 atom stereocenters. The van der Waals surface area contributed by atoms with Gasteiger partial charge >= 0.3 is 34.1 Å². The second kappa shape index (κ2) is 41.4. The molecular weight excluding hydrogens is 874 g/mol. The normalized spacial score (nSPS) is 22.5. The van der Waals surface area contributed by atoms with Gasteiger partial charge in [-0.15, -0.1) is 12.2 Å². The Morgan fingerprint density at radius 1 is 0.474 bits per heavy atom. The van der Waals surface area contributed by atoms with Gasteiger partial charge < -0.3 is 64.8 Å². The maximum atomic E-state index is 11.5. The summed E-state index contributed by atoms with van der Waals surface area (Å²) in [6.45, 7) is 34.4. The van der Waals surface area contributed by atoms with Crippen molar-refractivity contribution in [2.45, 2.75) is 105 Å². The smallest absolute Gasteiger partial charge is 0.851 e. The first-order chi connectivity index (χ1) is 25.4. The van der Waals surface area contributed by atoms with E-state index in [-0.39, 0.29) is 83.0 Å². The average molecular weight is 964 g/mol. The van der Waals surface area contributed by atoms with Gasteiger partial charge in [-0.1, -0.05) is 28.2 Å². The van der Waals surface area contributed by atoms with Gasteiger partial charge in [0.1, 0.15) is 0 Å². The van der Waals surface area contributed by atoms with Crippen molar-refractivity contribution < 1.29 is 81.8 Å². The summed E-state index contributed by atoms with van der Waals surface area (Å²) in [4.78, 5) is 16.1. The van der Waals surface area contributed by atoms with Crippen molar-refractivity contribution in [3.63, 3.8) is 0 Å². The van der Waals surface area contributed by atoms with Crippen LogP contribution in [0.25, 0.3) is 0 Å². The second-order valence-corrected chi connectivity index (χ2v) is 15.9. The number of hydrogen-bond donors (Lipinski definition) is 5. The van der Waals surface area contributed by atoms with Crippen LogP contribution in [0.3, 0.4) is 0 Å². The molecule has 0 aromatic heterocycles. The number of aliphatic hydroxyl groups is 4. The molecule has 2 radical (unpaired) electrons. The first-order valence-electron chi connectivity index (χ1n) is 20.6. The van der Waals surface area contributed by atoms with Gasteiger partial charge in [-0.25, -0.2) is 0 Å². The van der Waals surface area contributed by atoms with Crippen LogP contribution in [0.1, 0.15) is 68.7 Å². The Labute approximate surface area is 389 Å². The van der Waals surface area contributed by atoms with Crippen molar-refractivity contribution in [3.8, 4) is 0 Å². The fourth-order valence-corrected chi connectivity index (χ4v) is 7.17. The molecule has 2 aliphatic heterocycles. The van der Waals surface area contributed by atoms with Gasteiger partial charge in [0.15, 0.2) is 0 Å². The van der Waals surface area contributed by atoms with Gasteiger partial charge in [-0.3, -0.25) is 25.9 Å². The summed E-state index contributed by atoms with van der Waals surface area (Å²) < 4.78 is 6.01. The zero-order valence-corrected chi connectivity index (χ0v) is 40.1. The summed E-state index contributed by atoms with van der Waals surface area (Å²) in [5, 5.41) is 62.5. The maximum absolute atomic E-state index is 11.5. The molecule has 2 heterocycles. The van der Waals surface area contributed by atoms with Crippen LogP contribution < -0.4 is 10.2 Å². The van der Waals surface area contributed by atoms with E-state index in [0.29, 0.717) is 45.2 Å². The molecule has 2 fully saturated rings. The van der Waals surface area contributed by atoms with E-state index in [9.17, 15) is 30.6 Å². The Kier molecular flexibility index (Phi) is 47.2. The molecule has 0 aliphatic carbocycles. The van der Waals surface area contributed by atoms with Crippen LogP contribution >= 0.6 is 12.5 Å².